The third-order valence-electron chi connectivity index (χ3n) is 2.12. The third kappa shape index (κ3) is 5.57. The van der Waals surface area contributed by atoms with Crippen LogP contribution in [-0.4, -0.2) is 5.91 Å². The zero-order valence-corrected chi connectivity index (χ0v) is 9.42. The maximum atomic E-state index is 11.1. The number of hydrogen-bond donors (Lipinski definition) is 1. The summed E-state index contributed by atoms with van der Waals surface area (Å²) in [6, 6.07) is 0. The van der Waals surface area contributed by atoms with Gasteiger partial charge in [-0.15, -0.1) is 0 Å². The Hall–Kier alpha value is -1.05. The summed E-state index contributed by atoms with van der Waals surface area (Å²) >= 11 is 0. The summed E-state index contributed by atoms with van der Waals surface area (Å²) in [7, 11) is 0. The number of carbonyl (C=O) groups excluding carboxylic acids is 1. The van der Waals surface area contributed by atoms with Crippen LogP contribution >= 0.6 is 0 Å². The summed E-state index contributed by atoms with van der Waals surface area (Å²) in [5.74, 6) is -0.378. The molecular formula is C12H21NO. The molecule has 0 radical (unpaired) electrons. The highest BCUT2D eigenvalue weighted by atomic mass is 16.1. The Kier molecular flexibility index (Phi) is 6.81. The van der Waals surface area contributed by atoms with Crippen molar-refractivity contribution in [3.8, 4) is 0 Å². The third-order valence-corrected chi connectivity index (χ3v) is 2.12. The number of allylic oxidation sites excluding steroid dienone is 3. The van der Waals surface area contributed by atoms with Crippen molar-refractivity contribution in [3.05, 3.63) is 23.8 Å². The van der Waals surface area contributed by atoms with Crippen LogP contribution in [0.1, 0.15) is 40.0 Å². The predicted octanol–water partition coefficient (Wildman–Crippen LogP) is 2.80. The van der Waals surface area contributed by atoms with Gasteiger partial charge in [-0.2, -0.15) is 0 Å². The van der Waals surface area contributed by atoms with Gasteiger partial charge in [0.1, 0.15) is 0 Å². The minimum Gasteiger partial charge on any atom is -0.369 e. The molecule has 0 aliphatic rings. The average molecular weight is 195 g/mol. The van der Waals surface area contributed by atoms with Gasteiger partial charge < -0.3 is 5.73 Å². The Balaban J connectivity index is 4.34. The van der Waals surface area contributed by atoms with Gasteiger partial charge in [0.25, 0.3) is 0 Å². The Morgan fingerprint density at radius 1 is 1.50 bits per heavy atom. The van der Waals surface area contributed by atoms with Crippen LogP contribution in [0, 0.1) is 5.92 Å². The highest BCUT2D eigenvalue weighted by Crippen LogP contribution is 2.12. The topological polar surface area (TPSA) is 43.1 Å². The number of primary amides is 1. The van der Waals surface area contributed by atoms with Crippen LogP contribution in [0.25, 0.3) is 0 Å². The normalized spacial score (nSPS) is 14.6. The second-order valence-electron chi connectivity index (χ2n) is 3.58. The molecule has 2 nitrogen and oxygen atoms in total. The molecule has 0 saturated carbocycles. The van der Waals surface area contributed by atoms with Gasteiger partial charge in [0.2, 0.25) is 5.91 Å². The standard InChI is InChI=1S/C12H21NO/c1-4-6-8-11(12(13)14)9-10(3)7-5-2/h4,6,9,11H,5,7-8H2,1-3H3,(H2,13,14)/b6-4+,10-9-. The second-order valence-corrected chi connectivity index (χ2v) is 3.58. The first-order valence-electron chi connectivity index (χ1n) is 5.19. The Morgan fingerprint density at radius 3 is 2.57 bits per heavy atom. The van der Waals surface area contributed by atoms with Crippen LogP contribution in [0.5, 0.6) is 0 Å². The minimum absolute atomic E-state index is 0.141. The quantitative estimate of drug-likeness (QED) is 0.651. The van der Waals surface area contributed by atoms with E-state index in [1.807, 2.05) is 25.2 Å². The van der Waals surface area contributed by atoms with Gasteiger partial charge in [0.05, 0.1) is 5.92 Å². The molecule has 0 aromatic carbocycles. The highest BCUT2D eigenvalue weighted by Gasteiger charge is 2.10. The summed E-state index contributed by atoms with van der Waals surface area (Å²) in [6.07, 6.45) is 8.78. The molecule has 0 spiro atoms. The van der Waals surface area contributed by atoms with Crippen molar-refractivity contribution < 1.29 is 4.79 Å². The van der Waals surface area contributed by atoms with Crippen molar-refractivity contribution in [2.75, 3.05) is 0 Å². The molecule has 0 rings (SSSR count). The smallest absolute Gasteiger partial charge is 0.224 e. The van der Waals surface area contributed by atoms with Crippen LogP contribution in [0.2, 0.25) is 0 Å². The summed E-state index contributed by atoms with van der Waals surface area (Å²) in [5, 5.41) is 0. The van der Waals surface area contributed by atoms with Crippen molar-refractivity contribution >= 4 is 5.91 Å². The maximum Gasteiger partial charge on any atom is 0.224 e. The maximum absolute atomic E-state index is 11.1. The molecule has 0 fully saturated rings. The molecule has 0 heterocycles. The van der Waals surface area contributed by atoms with E-state index in [1.165, 1.54) is 5.57 Å². The lowest BCUT2D eigenvalue weighted by molar-refractivity contribution is -0.120. The molecule has 0 aliphatic heterocycles. The van der Waals surface area contributed by atoms with Gasteiger partial charge in [0, 0.05) is 0 Å². The van der Waals surface area contributed by atoms with Crippen molar-refractivity contribution in [3.63, 3.8) is 0 Å². The minimum atomic E-state index is -0.237. The molecule has 0 aromatic rings. The Labute approximate surface area is 86.9 Å². The van der Waals surface area contributed by atoms with E-state index in [0.29, 0.717) is 6.42 Å². The number of hydrogen-bond acceptors (Lipinski definition) is 1. The van der Waals surface area contributed by atoms with Gasteiger partial charge in [-0.25, -0.2) is 0 Å². The second kappa shape index (κ2) is 7.36. The number of rotatable bonds is 6. The zero-order chi connectivity index (χ0) is 11.0. The lowest BCUT2D eigenvalue weighted by Gasteiger charge is -2.07. The van der Waals surface area contributed by atoms with Gasteiger partial charge in [0.15, 0.2) is 0 Å². The summed E-state index contributed by atoms with van der Waals surface area (Å²) in [4.78, 5) is 11.1. The van der Waals surface area contributed by atoms with Crippen molar-refractivity contribution in [1.29, 1.82) is 0 Å². The fourth-order valence-electron chi connectivity index (χ4n) is 1.37. The molecule has 1 amide bonds. The fraction of sp³-hybridized carbons (Fsp3) is 0.583. The number of nitrogens with two attached hydrogens (primary N) is 1. The largest absolute Gasteiger partial charge is 0.369 e. The first-order valence-corrected chi connectivity index (χ1v) is 5.19. The molecule has 0 bridgehead atoms. The van der Waals surface area contributed by atoms with Gasteiger partial charge in [-0.3, -0.25) is 4.79 Å². The van der Waals surface area contributed by atoms with E-state index in [4.69, 9.17) is 5.73 Å². The highest BCUT2D eigenvalue weighted by molar-refractivity contribution is 5.78. The number of amides is 1. The van der Waals surface area contributed by atoms with Crippen molar-refractivity contribution in [1.82, 2.24) is 0 Å². The van der Waals surface area contributed by atoms with Crippen LogP contribution in [0.3, 0.4) is 0 Å². The van der Waals surface area contributed by atoms with E-state index in [-0.39, 0.29) is 11.8 Å². The monoisotopic (exact) mass is 195 g/mol. The molecular weight excluding hydrogens is 174 g/mol. The predicted molar refractivity (Wildman–Crippen MR) is 60.8 cm³/mol. The fourth-order valence-corrected chi connectivity index (χ4v) is 1.37. The van der Waals surface area contributed by atoms with E-state index in [0.717, 1.165) is 12.8 Å². The number of carbonyl (C=O) groups is 1. The van der Waals surface area contributed by atoms with E-state index in [2.05, 4.69) is 13.8 Å². The molecule has 80 valence electrons. The summed E-state index contributed by atoms with van der Waals surface area (Å²) < 4.78 is 0. The van der Waals surface area contributed by atoms with Crippen LogP contribution < -0.4 is 5.73 Å². The van der Waals surface area contributed by atoms with Crippen LogP contribution in [0.15, 0.2) is 23.8 Å². The molecule has 2 heteroatoms. The lowest BCUT2D eigenvalue weighted by Crippen LogP contribution is -2.21. The van der Waals surface area contributed by atoms with Crippen LogP contribution in [-0.2, 0) is 4.79 Å². The van der Waals surface area contributed by atoms with Gasteiger partial charge in [-0.05, 0) is 26.7 Å². The molecule has 0 aliphatic carbocycles. The van der Waals surface area contributed by atoms with Crippen molar-refractivity contribution in [2.45, 2.75) is 40.0 Å². The van der Waals surface area contributed by atoms with Gasteiger partial charge in [-0.1, -0.05) is 37.1 Å². The Morgan fingerprint density at radius 2 is 2.14 bits per heavy atom. The molecule has 0 saturated heterocycles. The summed E-state index contributed by atoms with van der Waals surface area (Å²) in [6.45, 7) is 6.12. The van der Waals surface area contributed by atoms with Gasteiger partial charge >= 0.3 is 0 Å². The summed E-state index contributed by atoms with van der Waals surface area (Å²) in [5.41, 5.74) is 6.56. The average Bonchev–Trinajstić information content (AvgIpc) is 2.12. The SMILES string of the molecule is C/C=C/CC(/C=C(/C)CCC)C(N)=O. The lowest BCUT2D eigenvalue weighted by atomic mass is 9.99. The van der Waals surface area contributed by atoms with E-state index in [9.17, 15) is 4.79 Å². The van der Waals surface area contributed by atoms with E-state index < -0.39 is 0 Å². The van der Waals surface area contributed by atoms with Crippen LogP contribution in [0.4, 0.5) is 0 Å². The molecule has 1 atom stereocenters. The molecule has 0 aromatic heterocycles. The molecule has 2 N–H and O–H groups in total. The van der Waals surface area contributed by atoms with Crippen molar-refractivity contribution in [2.24, 2.45) is 11.7 Å². The van der Waals surface area contributed by atoms with E-state index in [1.54, 1.807) is 0 Å². The first-order chi connectivity index (χ1) is 6.61. The Bertz CT molecular complexity index is 228. The first kappa shape index (κ1) is 12.9. The molecule has 1 unspecified atom stereocenters. The molecule has 14 heavy (non-hydrogen) atoms. The van der Waals surface area contributed by atoms with E-state index >= 15 is 0 Å². The zero-order valence-electron chi connectivity index (χ0n) is 9.42.